The molecular weight excluding hydrogens is 379 g/mol. The fraction of sp³-hybridized carbons (Fsp3) is 0.600. The van der Waals surface area contributed by atoms with Crippen LogP contribution < -0.4 is 20.4 Å². The Hall–Kier alpha value is -2.39. The van der Waals surface area contributed by atoms with Gasteiger partial charge in [0.05, 0.1) is 36.7 Å². The molecule has 3 aliphatic rings. The molecule has 0 saturated carbocycles. The van der Waals surface area contributed by atoms with E-state index in [9.17, 15) is 14.0 Å². The van der Waals surface area contributed by atoms with Gasteiger partial charge in [0.25, 0.3) is 0 Å². The summed E-state index contributed by atoms with van der Waals surface area (Å²) in [5.74, 6) is -0.549. The maximum atomic E-state index is 14.9. The van der Waals surface area contributed by atoms with Gasteiger partial charge in [-0.1, -0.05) is 0 Å². The van der Waals surface area contributed by atoms with Crippen molar-refractivity contribution in [1.82, 2.24) is 10.6 Å². The number of hydrogen-bond donors (Lipinski definition) is 2. The summed E-state index contributed by atoms with van der Waals surface area (Å²) in [5.41, 5.74) is 0.859. The number of anilines is 2. The summed E-state index contributed by atoms with van der Waals surface area (Å²) >= 11 is 0. The Labute approximate surface area is 169 Å². The summed E-state index contributed by atoms with van der Waals surface area (Å²) in [6.07, 6.45) is 0.723. The van der Waals surface area contributed by atoms with Crippen molar-refractivity contribution in [3.8, 4) is 0 Å². The topological polar surface area (TPSA) is 83.1 Å². The Balaban J connectivity index is 1.39. The van der Waals surface area contributed by atoms with Crippen LogP contribution in [0.3, 0.4) is 0 Å². The van der Waals surface area contributed by atoms with Gasteiger partial charge in [0, 0.05) is 33.1 Å². The van der Waals surface area contributed by atoms with E-state index in [1.54, 1.807) is 12.1 Å². The smallest absolute Gasteiger partial charge is 0.414 e. The van der Waals surface area contributed by atoms with Crippen molar-refractivity contribution in [3.05, 3.63) is 24.0 Å². The number of benzene rings is 1. The lowest BCUT2D eigenvalue weighted by atomic mass is 9.89. The number of morpholine rings is 1. The maximum Gasteiger partial charge on any atom is 0.414 e. The molecule has 2 amide bonds. The summed E-state index contributed by atoms with van der Waals surface area (Å²) in [6.45, 7) is 5.81. The fourth-order valence-electron chi connectivity index (χ4n) is 4.20. The van der Waals surface area contributed by atoms with Crippen LogP contribution in [0.25, 0.3) is 0 Å². The van der Waals surface area contributed by atoms with Gasteiger partial charge in [-0.3, -0.25) is 9.69 Å². The van der Waals surface area contributed by atoms with Crippen molar-refractivity contribution >= 4 is 23.4 Å². The van der Waals surface area contributed by atoms with Crippen molar-refractivity contribution in [1.29, 1.82) is 0 Å². The zero-order valence-corrected chi connectivity index (χ0v) is 16.6. The van der Waals surface area contributed by atoms with Crippen LogP contribution >= 0.6 is 0 Å². The Morgan fingerprint density at radius 2 is 2.17 bits per heavy atom. The minimum absolute atomic E-state index is 0.132. The van der Waals surface area contributed by atoms with Crippen LogP contribution in [0, 0.1) is 5.82 Å². The second-order valence-electron chi connectivity index (χ2n) is 7.88. The number of carbonyl (C=O) groups excluding carboxylic acids is 2. The first-order chi connectivity index (χ1) is 14.0. The summed E-state index contributed by atoms with van der Waals surface area (Å²) < 4.78 is 26.1. The number of nitrogens with zero attached hydrogens (tertiary/aromatic N) is 2. The number of carbonyl (C=O) groups is 2. The van der Waals surface area contributed by atoms with E-state index in [0.717, 1.165) is 45.6 Å². The number of piperidine rings is 1. The Kier molecular flexibility index (Phi) is 5.60. The number of rotatable bonds is 4. The van der Waals surface area contributed by atoms with Crippen LogP contribution in [0.2, 0.25) is 0 Å². The molecule has 1 atom stereocenters. The molecule has 0 aliphatic carbocycles. The summed E-state index contributed by atoms with van der Waals surface area (Å²) in [7, 11) is 0. The lowest BCUT2D eigenvalue weighted by Gasteiger charge is -2.44. The number of amides is 2. The molecule has 9 heteroatoms. The van der Waals surface area contributed by atoms with E-state index in [0.29, 0.717) is 11.4 Å². The van der Waals surface area contributed by atoms with Crippen LogP contribution in [0.1, 0.15) is 19.8 Å². The SMILES string of the molecule is CC(=O)NCC1CN(c2ccc(N3CCC4(CC3)CNCCO4)c(F)c2)C(=O)O1. The highest BCUT2D eigenvalue weighted by atomic mass is 19.1. The van der Waals surface area contributed by atoms with Gasteiger partial charge < -0.3 is 25.0 Å². The normalized spacial score (nSPS) is 23.9. The first kappa shape index (κ1) is 19.9. The number of cyclic esters (lactones) is 1. The van der Waals surface area contributed by atoms with Gasteiger partial charge in [-0.15, -0.1) is 0 Å². The second-order valence-corrected chi connectivity index (χ2v) is 7.88. The summed E-state index contributed by atoms with van der Waals surface area (Å²) in [5, 5.41) is 6.01. The van der Waals surface area contributed by atoms with E-state index in [4.69, 9.17) is 9.47 Å². The monoisotopic (exact) mass is 406 g/mol. The molecule has 1 aromatic carbocycles. The van der Waals surface area contributed by atoms with E-state index in [-0.39, 0.29) is 30.4 Å². The van der Waals surface area contributed by atoms with E-state index in [1.807, 2.05) is 4.90 Å². The number of halogens is 1. The van der Waals surface area contributed by atoms with Gasteiger partial charge in [-0.25, -0.2) is 9.18 Å². The number of hydrogen-bond acceptors (Lipinski definition) is 6. The van der Waals surface area contributed by atoms with Gasteiger partial charge >= 0.3 is 6.09 Å². The largest absolute Gasteiger partial charge is 0.442 e. The fourth-order valence-corrected chi connectivity index (χ4v) is 4.20. The number of nitrogens with one attached hydrogen (secondary N) is 2. The predicted octanol–water partition coefficient (Wildman–Crippen LogP) is 1.25. The van der Waals surface area contributed by atoms with E-state index in [1.165, 1.54) is 17.9 Å². The molecule has 4 rings (SSSR count). The Morgan fingerprint density at radius 3 is 2.83 bits per heavy atom. The van der Waals surface area contributed by atoms with Gasteiger partial charge in [0.1, 0.15) is 11.9 Å². The van der Waals surface area contributed by atoms with E-state index < -0.39 is 12.2 Å². The first-order valence-electron chi connectivity index (χ1n) is 10.1. The van der Waals surface area contributed by atoms with Crippen LogP contribution in [-0.2, 0) is 14.3 Å². The van der Waals surface area contributed by atoms with E-state index in [2.05, 4.69) is 10.6 Å². The molecule has 8 nitrogen and oxygen atoms in total. The lowest BCUT2D eigenvalue weighted by Crippen LogP contribution is -2.55. The minimum Gasteiger partial charge on any atom is -0.442 e. The molecule has 158 valence electrons. The average Bonchev–Trinajstić information content (AvgIpc) is 3.09. The molecule has 2 N–H and O–H groups in total. The molecule has 1 unspecified atom stereocenters. The Bertz CT molecular complexity index is 774. The quantitative estimate of drug-likeness (QED) is 0.783. The highest BCUT2D eigenvalue weighted by Gasteiger charge is 2.38. The standard InChI is InChI=1S/C20H27FN4O4/c1-14(26)23-11-16-12-25(19(27)29-16)15-2-3-18(17(21)10-15)24-7-4-20(5-8-24)13-22-6-9-28-20/h2-3,10,16,22H,4-9,11-13H2,1H3,(H,23,26). The molecular formula is C20H27FN4O4. The van der Waals surface area contributed by atoms with Crippen molar-refractivity contribution in [2.75, 3.05) is 55.7 Å². The molecule has 1 aromatic rings. The van der Waals surface area contributed by atoms with Gasteiger partial charge in [0.15, 0.2) is 0 Å². The van der Waals surface area contributed by atoms with Crippen molar-refractivity contribution < 1.29 is 23.5 Å². The lowest BCUT2D eigenvalue weighted by molar-refractivity contribution is -0.119. The number of ether oxygens (including phenoxy) is 2. The zero-order chi connectivity index (χ0) is 20.4. The third-order valence-electron chi connectivity index (χ3n) is 5.85. The van der Waals surface area contributed by atoms with Crippen molar-refractivity contribution in [2.24, 2.45) is 0 Å². The Morgan fingerprint density at radius 1 is 1.38 bits per heavy atom. The predicted molar refractivity (Wildman–Crippen MR) is 106 cm³/mol. The first-order valence-corrected chi connectivity index (χ1v) is 10.1. The summed E-state index contributed by atoms with van der Waals surface area (Å²) in [6, 6.07) is 4.83. The molecule has 1 spiro atoms. The molecule has 0 radical (unpaired) electrons. The van der Waals surface area contributed by atoms with Crippen LogP contribution in [0.15, 0.2) is 18.2 Å². The molecule has 3 aliphatic heterocycles. The molecule has 29 heavy (non-hydrogen) atoms. The maximum absolute atomic E-state index is 14.9. The van der Waals surface area contributed by atoms with Crippen LogP contribution in [0.5, 0.6) is 0 Å². The van der Waals surface area contributed by atoms with Gasteiger partial charge in [-0.2, -0.15) is 0 Å². The average molecular weight is 406 g/mol. The highest BCUT2D eigenvalue weighted by Crippen LogP contribution is 2.33. The van der Waals surface area contributed by atoms with E-state index >= 15 is 0 Å². The zero-order valence-electron chi connectivity index (χ0n) is 16.6. The van der Waals surface area contributed by atoms with Crippen molar-refractivity contribution in [3.63, 3.8) is 0 Å². The molecule has 3 saturated heterocycles. The second kappa shape index (κ2) is 8.16. The van der Waals surface area contributed by atoms with Crippen molar-refractivity contribution in [2.45, 2.75) is 31.5 Å². The third-order valence-corrected chi connectivity index (χ3v) is 5.85. The summed E-state index contributed by atoms with van der Waals surface area (Å²) in [4.78, 5) is 26.6. The van der Waals surface area contributed by atoms with Gasteiger partial charge in [-0.05, 0) is 31.0 Å². The molecule has 3 fully saturated rings. The highest BCUT2D eigenvalue weighted by molar-refractivity contribution is 5.90. The molecule has 0 bridgehead atoms. The third kappa shape index (κ3) is 4.30. The minimum atomic E-state index is -0.533. The van der Waals surface area contributed by atoms with Crippen LogP contribution in [0.4, 0.5) is 20.6 Å². The molecule has 3 heterocycles. The molecule has 0 aromatic heterocycles. The van der Waals surface area contributed by atoms with Gasteiger partial charge in [0.2, 0.25) is 5.91 Å². The van der Waals surface area contributed by atoms with Crippen LogP contribution in [-0.4, -0.2) is 69.6 Å².